The molecule has 1 aromatic heterocycles. The van der Waals surface area contributed by atoms with E-state index >= 15 is 0 Å². The number of pyridine rings is 1. The van der Waals surface area contributed by atoms with Crippen LogP contribution >= 0.6 is 0 Å². The highest BCUT2D eigenvalue weighted by atomic mass is 19.1. The van der Waals surface area contributed by atoms with Gasteiger partial charge in [0, 0.05) is 32.4 Å². The number of halogens is 1. The van der Waals surface area contributed by atoms with Crippen molar-refractivity contribution in [1.29, 1.82) is 0 Å². The Labute approximate surface area is 157 Å². The second-order valence-corrected chi connectivity index (χ2v) is 6.66. The van der Waals surface area contributed by atoms with Crippen molar-refractivity contribution >= 4 is 17.5 Å². The van der Waals surface area contributed by atoms with E-state index in [1.54, 1.807) is 18.3 Å². The third-order valence-electron chi connectivity index (χ3n) is 4.75. The van der Waals surface area contributed by atoms with E-state index in [0.29, 0.717) is 12.5 Å². The van der Waals surface area contributed by atoms with E-state index in [1.807, 2.05) is 18.3 Å². The summed E-state index contributed by atoms with van der Waals surface area (Å²) >= 11 is 0. The van der Waals surface area contributed by atoms with Crippen LogP contribution in [0.25, 0.3) is 0 Å². The third kappa shape index (κ3) is 5.51. The molecular weight excluding hydrogens is 347 g/mol. The van der Waals surface area contributed by atoms with Crippen molar-refractivity contribution in [3.63, 3.8) is 0 Å². The van der Waals surface area contributed by atoms with Gasteiger partial charge >= 0.3 is 11.8 Å². The molecule has 1 aliphatic rings. The predicted molar refractivity (Wildman–Crippen MR) is 100 cm³/mol. The van der Waals surface area contributed by atoms with Gasteiger partial charge in [-0.3, -0.25) is 14.6 Å². The van der Waals surface area contributed by atoms with E-state index in [9.17, 15) is 14.0 Å². The van der Waals surface area contributed by atoms with Crippen LogP contribution in [0, 0.1) is 11.7 Å². The highest BCUT2D eigenvalue weighted by Crippen LogP contribution is 2.21. The van der Waals surface area contributed by atoms with E-state index in [2.05, 4.69) is 20.5 Å². The minimum atomic E-state index is -0.674. The molecule has 6 nitrogen and oxygen atoms in total. The molecule has 0 spiro atoms. The molecule has 1 aliphatic heterocycles. The Morgan fingerprint density at radius 2 is 1.78 bits per heavy atom. The summed E-state index contributed by atoms with van der Waals surface area (Å²) in [7, 11) is 0. The van der Waals surface area contributed by atoms with Gasteiger partial charge in [-0.2, -0.15) is 0 Å². The number of nitrogens with one attached hydrogen (secondary N) is 2. The fraction of sp³-hybridized carbons (Fsp3) is 0.350. The highest BCUT2D eigenvalue weighted by Gasteiger charge is 2.21. The number of amides is 2. The summed E-state index contributed by atoms with van der Waals surface area (Å²) in [5.74, 6) is -1.29. The maximum absolute atomic E-state index is 12.9. The summed E-state index contributed by atoms with van der Waals surface area (Å²) in [5.41, 5.74) is 1.85. The average molecular weight is 370 g/mol. The smallest absolute Gasteiger partial charge is 0.309 e. The molecule has 0 unspecified atom stereocenters. The van der Waals surface area contributed by atoms with Crippen molar-refractivity contribution in [1.82, 2.24) is 15.6 Å². The monoisotopic (exact) mass is 370 g/mol. The second-order valence-electron chi connectivity index (χ2n) is 6.66. The molecule has 27 heavy (non-hydrogen) atoms. The molecule has 2 amide bonds. The van der Waals surface area contributed by atoms with Gasteiger partial charge in [0.25, 0.3) is 0 Å². The number of hydrogen-bond donors (Lipinski definition) is 2. The lowest BCUT2D eigenvalue weighted by Crippen LogP contribution is -2.43. The van der Waals surface area contributed by atoms with Crippen molar-refractivity contribution in [3.8, 4) is 0 Å². The summed E-state index contributed by atoms with van der Waals surface area (Å²) < 4.78 is 12.9. The first kappa shape index (κ1) is 18.8. The minimum absolute atomic E-state index is 0.191. The molecule has 3 rings (SSSR count). The standard InChI is InChI=1S/C20H23FN4O2/c21-17-5-3-15(4-6-17)12-23-19(26)20(27)24-13-16-7-10-25(11-8-16)18-2-1-9-22-14-18/h1-6,9,14,16H,7-8,10-13H2,(H,23,26)(H,24,27). The normalized spacial score (nSPS) is 14.6. The average Bonchev–Trinajstić information content (AvgIpc) is 2.72. The molecule has 2 heterocycles. The predicted octanol–water partition coefficient (Wildman–Crippen LogP) is 1.87. The number of aromatic nitrogens is 1. The summed E-state index contributed by atoms with van der Waals surface area (Å²) in [6.07, 6.45) is 5.51. The number of piperidine rings is 1. The molecule has 0 radical (unpaired) electrons. The van der Waals surface area contributed by atoms with Crippen LogP contribution in [-0.4, -0.2) is 36.4 Å². The summed E-state index contributed by atoms with van der Waals surface area (Å²) in [5, 5.41) is 5.26. The van der Waals surface area contributed by atoms with Crippen molar-refractivity contribution in [2.24, 2.45) is 5.92 Å². The van der Waals surface area contributed by atoms with Gasteiger partial charge in [0.2, 0.25) is 0 Å². The van der Waals surface area contributed by atoms with Crippen LogP contribution in [0.4, 0.5) is 10.1 Å². The molecule has 1 fully saturated rings. The van der Waals surface area contributed by atoms with Gasteiger partial charge in [-0.15, -0.1) is 0 Å². The second kappa shape index (κ2) is 9.12. The van der Waals surface area contributed by atoms with Crippen LogP contribution in [0.3, 0.4) is 0 Å². The van der Waals surface area contributed by atoms with Crippen molar-refractivity contribution in [2.75, 3.05) is 24.5 Å². The van der Waals surface area contributed by atoms with Gasteiger partial charge in [-0.25, -0.2) is 4.39 Å². The summed E-state index contributed by atoms with van der Waals surface area (Å²) in [6.45, 7) is 2.49. The Morgan fingerprint density at radius 3 is 2.44 bits per heavy atom. The fourth-order valence-corrected chi connectivity index (χ4v) is 3.12. The van der Waals surface area contributed by atoms with Crippen LogP contribution in [0.1, 0.15) is 18.4 Å². The van der Waals surface area contributed by atoms with Crippen molar-refractivity contribution < 1.29 is 14.0 Å². The lowest BCUT2D eigenvalue weighted by atomic mass is 9.96. The lowest BCUT2D eigenvalue weighted by Gasteiger charge is -2.33. The van der Waals surface area contributed by atoms with Crippen molar-refractivity contribution in [2.45, 2.75) is 19.4 Å². The van der Waals surface area contributed by atoms with Gasteiger partial charge in [-0.1, -0.05) is 12.1 Å². The summed E-state index contributed by atoms with van der Waals surface area (Å²) in [4.78, 5) is 30.2. The zero-order valence-electron chi connectivity index (χ0n) is 15.0. The number of rotatable bonds is 5. The fourth-order valence-electron chi connectivity index (χ4n) is 3.12. The van der Waals surface area contributed by atoms with Gasteiger partial charge in [0.15, 0.2) is 0 Å². The Morgan fingerprint density at radius 1 is 1.07 bits per heavy atom. The van der Waals surface area contributed by atoms with Crippen LogP contribution in [0.5, 0.6) is 0 Å². The molecule has 1 aromatic carbocycles. The first-order chi connectivity index (χ1) is 13.1. The number of hydrogen-bond acceptors (Lipinski definition) is 4. The van der Waals surface area contributed by atoms with E-state index in [4.69, 9.17) is 0 Å². The van der Waals surface area contributed by atoms with Gasteiger partial charge in [-0.05, 0) is 48.6 Å². The molecule has 0 bridgehead atoms. The van der Waals surface area contributed by atoms with Crippen LogP contribution in [-0.2, 0) is 16.1 Å². The number of benzene rings is 1. The molecular formula is C20H23FN4O2. The maximum atomic E-state index is 12.9. The van der Waals surface area contributed by atoms with Crippen LogP contribution in [0.2, 0.25) is 0 Å². The topological polar surface area (TPSA) is 74.3 Å². The van der Waals surface area contributed by atoms with Crippen molar-refractivity contribution in [3.05, 3.63) is 60.2 Å². The van der Waals surface area contributed by atoms with E-state index in [-0.39, 0.29) is 12.4 Å². The number of carbonyl (C=O) groups excluding carboxylic acids is 2. The molecule has 2 N–H and O–H groups in total. The largest absolute Gasteiger partial charge is 0.370 e. The quantitative estimate of drug-likeness (QED) is 0.788. The first-order valence-electron chi connectivity index (χ1n) is 9.07. The Hall–Kier alpha value is -2.96. The van der Waals surface area contributed by atoms with E-state index in [1.165, 1.54) is 12.1 Å². The SMILES string of the molecule is O=C(NCc1ccc(F)cc1)C(=O)NCC1CCN(c2cccnc2)CC1. The van der Waals surface area contributed by atoms with E-state index in [0.717, 1.165) is 37.2 Å². The molecule has 0 aliphatic carbocycles. The highest BCUT2D eigenvalue weighted by molar-refractivity contribution is 6.35. The number of carbonyl (C=O) groups is 2. The zero-order valence-corrected chi connectivity index (χ0v) is 15.0. The van der Waals surface area contributed by atoms with Gasteiger partial charge < -0.3 is 15.5 Å². The van der Waals surface area contributed by atoms with Crippen LogP contribution in [0.15, 0.2) is 48.8 Å². The molecule has 0 saturated carbocycles. The molecule has 142 valence electrons. The zero-order chi connectivity index (χ0) is 19.1. The molecule has 1 saturated heterocycles. The first-order valence-corrected chi connectivity index (χ1v) is 9.07. The number of nitrogens with zero attached hydrogens (tertiary/aromatic N) is 2. The molecule has 0 atom stereocenters. The summed E-state index contributed by atoms with van der Waals surface area (Å²) in [6, 6.07) is 9.75. The van der Waals surface area contributed by atoms with E-state index < -0.39 is 11.8 Å². The third-order valence-corrected chi connectivity index (χ3v) is 4.75. The Kier molecular flexibility index (Phi) is 6.35. The Balaban J connectivity index is 1.36. The molecule has 2 aromatic rings. The van der Waals surface area contributed by atoms with Crippen LogP contribution < -0.4 is 15.5 Å². The van der Waals surface area contributed by atoms with Gasteiger partial charge in [0.1, 0.15) is 5.82 Å². The lowest BCUT2D eigenvalue weighted by molar-refractivity contribution is -0.139. The number of anilines is 1. The Bertz CT molecular complexity index is 759. The molecule has 7 heteroatoms. The maximum Gasteiger partial charge on any atom is 0.309 e. The minimum Gasteiger partial charge on any atom is -0.370 e. The van der Waals surface area contributed by atoms with Gasteiger partial charge in [0.05, 0.1) is 11.9 Å².